The highest BCUT2D eigenvalue weighted by molar-refractivity contribution is 5.90. The summed E-state index contributed by atoms with van der Waals surface area (Å²) in [6, 6.07) is 7.98. The minimum absolute atomic E-state index is 0.0431. The van der Waals surface area contributed by atoms with Crippen molar-refractivity contribution >= 4 is 17.9 Å². The number of nitrogens with zero attached hydrogens (tertiary/aromatic N) is 5. The van der Waals surface area contributed by atoms with Gasteiger partial charge < -0.3 is 19.9 Å². The van der Waals surface area contributed by atoms with Gasteiger partial charge in [0.15, 0.2) is 0 Å². The second-order valence-corrected chi connectivity index (χ2v) is 8.89. The Morgan fingerprint density at radius 2 is 2.09 bits per heavy atom. The molecule has 3 fully saturated rings. The second kappa shape index (κ2) is 8.01. The molecule has 0 spiro atoms. The number of fused-ring (bicyclic) bond motifs is 1. The van der Waals surface area contributed by atoms with Gasteiger partial charge in [-0.25, -0.2) is 18.7 Å². The molecule has 2 aromatic heterocycles. The van der Waals surface area contributed by atoms with Crippen molar-refractivity contribution in [1.29, 1.82) is 0 Å². The lowest BCUT2D eigenvalue weighted by Crippen LogP contribution is -2.39. The van der Waals surface area contributed by atoms with E-state index in [2.05, 4.69) is 20.6 Å². The van der Waals surface area contributed by atoms with Crippen LogP contribution >= 0.6 is 0 Å². The van der Waals surface area contributed by atoms with E-state index in [0.717, 1.165) is 0 Å². The number of aromatic nitrogens is 4. The molecule has 1 saturated carbocycles. The van der Waals surface area contributed by atoms with Gasteiger partial charge in [-0.05, 0) is 24.3 Å². The van der Waals surface area contributed by atoms with Crippen LogP contribution < -0.4 is 10.2 Å². The number of pyridine rings is 1. The Morgan fingerprint density at radius 1 is 1.26 bits per heavy atom. The highest BCUT2D eigenvalue weighted by atomic mass is 19.1. The number of carbonyl (C=O) groups is 2. The average molecular weight is 480 g/mol. The fourth-order valence-electron chi connectivity index (χ4n) is 5.23. The van der Waals surface area contributed by atoms with E-state index < -0.39 is 29.6 Å². The molecule has 11 nitrogen and oxygen atoms in total. The molecular formula is C23H21FN6O5. The van der Waals surface area contributed by atoms with Crippen LogP contribution in [-0.4, -0.2) is 63.1 Å². The number of cyclic esters (lactones) is 1. The molecule has 3 aliphatic rings. The second-order valence-electron chi connectivity index (χ2n) is 8.89. The Hall–Kier alpha value is -4.06. The Kier molecular flexibility index (Phi) is 4.92. The molecule has 0 unspecified atom stereocenters. The smallest absolute Gasteiger partial charge is 0.414 e. The van der Waals surface area contributed by atoms with E-state index in [1.165, 1.54) is 23.4 Å². The minimum atomic E-state index is -1.11. The van der Waals surface area contributed by atoms with Crippen molar-refractivity contribution in [3.8, 4) is 11.1 Å². The summed E-state index contributed by atoms with van der Waals surface area (Å²) in [4.78, 5) is 29.6. The summed E-state index contributed by atoms with van der Waals surface area (Å²) in [6.07, 6.45) is 2.65. The first kappa shape index (κ1) is 21.5. The van der Waals surface area contributed by atoms with Crippen LogP contribution in [0.3, 0.4) is 0 Å². The molecule has 4 atom stereocenters. The molecule has 0 bridgehead atoms. The van der Waals surface area contributed by atoms with Crippen molar-refractivity contribution in [1.82, 2.24) is 25.3 Å². The van der Waals surface area contributed by atoms with Crippen LogP contribution in [0.15, 0.2) is 48.9 Å². The van der Waals surface area contributed by atoms with Gasteiger partial charge in [-0.1, -0.05) is 11.3 Å². The maximum atomic E-state index is 15.1. The van der Waals surface area contributed by atoms with Gasteiger partial charge in [0.2, 0.25) is 0 Å². The third-order valence-electron chi connectivity index (χ3n) is 6.95. The van der Waals surface area contributed by atoms with Gasteiger partial charge in [-0.2, -0.15) is 0 Å². The Labute approximate surface area is 198 Å². The van der Waals surface area contributed by atoms with Crippen molar-refractivity contribution in [3.63, 3.8) is 0 Å². The SMILES string of the molecule is O=C(O)N[C@]1(c2ccc(-c3ccc(N4C[C@H](Cn5ccnn5)OC4=O)cc3F)cn2)[C@@H]2COC[C@@H]21. The monoisotopic (exact) mass is 480 g/mol. The molecule has 2 saturated heterocycles. The summed E-state index contributed by atoms with van der Waals surface area (Å²) in [5, 5.41) is 19.5. The van der Waals surface area contributed by atoms with Crippen molar-refractivity contribution in [2.75, 3.05) is 24.7 Å². The molecule has 180 valence electrons. The number of nitrogens with one attached hydrogen (secondary N) is 1. The molecule has 2 amide bonds. The Bertz CT molecular complexity index is 1270. The highest BCUT2D eigenvalue weighted by Gasteiger charge is 2.70. The number of hydrogen-bond acceptors (Lipinski definition) is 7. The zero-order valence-corrected chi connectivity index (χ0v) is 18.4. The van der Waals surface area contributed by atoms with Crippen molar-refractivity contribution < 1.29 is 28.6 Å². The van der Waals surface area contributed by atoms with Crippen LogP contribution in [0, 0.1) is 17.7 Å². The van der Waals surface area contributed by atoms with Crippen LogP contribution in [0.2, 0.25) is 0 Å². The quantitative estimate of drug-likeness (QED) is 0.549. The molecule has 6 rings (SSSR count). The zero-order valence-electron chi connectivity index (χ0n) is 18.4. The number of amides is 2. The largest absolute Gasteiger partial charge is 0.465 e. The van der Waals surface area contributed by atoms with Gasteiger partial charge in [0.1, 0.15) is 11.9 Å². The van der Waals surface area contributed by atoms with Gasteiger partial charge in [0, 0.05) is 35.4 Å². The summed E-state index contributed by atoms with van der Waals surface area (Å²) >= 11 is 0. The fraction of sp³-hybridized carbons (Fsp3) is 0.348. The first-order chi connectivity index (χ1) is 17.0. The number of anilines is 1. The number of halogens is 1. The van der Waals surface area contributed by atoms with Crippen molar-refractivity contribution in [3.05, 3.63) is 60.4 Å². The molecule has 2 aliphatic heterocycles. The maximum Gasteiger partial charge on any atom is 0.414 e. The van der Waals surface area contributed by atoms with E-state index in [0.29, 0.717) is 42.3 Å². The third kappa shape index (κ3) is 3.57. The lowest BCUT2D eigenvalue weighted by Gasteiger charge is -2.21. The normalized spacial score (nSPS) is 26.9. The lowest BCUT2D eigenvalue weighted by atomic mass is 10.0. The molecule has 35 heavy (non-hydrogen) atoms. The van der Waals surface area contributed by atoms with Gasteiger partial charge >= 0.3 is 12.2 Å². The van der Waals surface area contributed by atoms with E-state index in [-0.39, 0.29) is 18.4 Å². The molecule has 1 aliphatic carbocycles. The number of hydrogen-bond donors (Lipinski definition) is 2. The summed E-state index contributed by atoms with van der Waals surface area (Å²) in [5.41, 5.74) is 1.08. The van der Waals surface area contributed by atoms with Crippen LogP contribution in [0.5, 0.6) is 0 Å². The third-order valence-corrected chi connectivity index (χ3v) is 6.95. The fourth-order valence-corrected chi connectivity index (χ4v) is 5.23. The topological polar surface area (TPSA) is 132 Å². The number of rotatable bonds is 6. The van der Waals surface area contributed by atoms with Gasteiger partial charge in [-0.15, -0.1) is 5.10 Å². The molecule has 12 heteroatoms. The van der Waals surface area contributed by atoms with Gasteiger partial charge in [0.25, 0.3) is 0 Å². The van der Waals surface area contributed by atoms with E-state index in [1.54, 1.807) is 35.1 Å². The average Bonchev–Trinajstić information content (AvgIpc) is 3.38. The first-order valence-corrected chi connectivity index (χ1v) is 11.1. The van der Waals surface area contributed by atoms with Crippen LogP contribution in [-0.2, 0) is 21.6 Å². The van der Waals surface area contributed by atoms with E-state index in [4.69, 9.17) is 9.47 Å². The molecular weight excluding hydrogens is 459 g/mol. The Balaban J connectivity index is 1.20. The lowest BCUT2D eigenvalue weighted by molar-refractivity contribution is 0.127. The first-order valence-electron chi connectivity index (χ1n) is 11.1. The van der Waals surface area contributed by atoms with Crippen molar-refractivity contribution in [2.45, 2.75) is 18.2 Å². The van der Waals surface area contributed by atoms with E-state index in [9.17, 15) is 14.7 Å². The predicted octanol–water partition coefficient (Wildman–Crippen LogP) is 2.24. The number of carbonyl (C=O) groups excluding carboxylic acids is 1. The Morgan fingerprint density at radius 3 is 2.74 bits per heavy atom. The molecule has 1 aromatic carbocycles. The van der Waals surface area contributed by atoms with E-state index in [1.807, 2.05) is 0 Å². The molecule has 3 aromatic rings. The predicted molar refractivity (Wildman–Crippen MR) is 118 cm³/mol. The van der Waals surface area contributed by atoms with Crippen LogP contribution in [0.4, 0.5) is 19.7 Å². The maximum absolute atomic E-state index is 15.1. The summed E-state index contributed by atoms with van der Waals surface area (Å²) in [5.74, 6) is -0.428. The van der Waals surface area contributed by atoms with Crippen molar-refractivity contribution in [2.24, 2.45) is 11.8 Å². The highest BCUT2D eigenvalue weighted by Crippen LogP contribution is 2.60. The minimum Gasteiger partial charge on any atom is -0.465 e. The molecule has 0 radical (unpaired) electrons. The van der Waals surface area contributed by atoms with Gasteiger partial charge in [-0.3, -0.25) is 9.88 Å². The molecule has 4 heterocycles. The molecule has 2 N–H and O–H groups in total. The van der Waals surface area contributed by atoms with Crippen LogP contribution in [0.25, 0.3) is 11.1 Å². The summed E-state index contributed by atoms with van der Waals surface area (Å²) in [7, 11) is 0. The summed E-state index contributed by atoms with van der Waals surface area (Å²) < 4.78 is 27.4. The van der Waals surface area contributed by atoms with E-state index >= 15 is 4.39 Å². The summed E-state index contributed by atoms with van der Waals surface area (Å²) in [6.45, 7) is 1.57. The van der Waals surface area contributed by atoms with Crippen LogP contribution in [0.1, 0.15) is 5.69 Å². The number of carboxylic acid groups (broad SMARTS) is 1. The number of ether oxygens (including phenoxy) is 2. The standard InChI is InChI=1S/C23H21FN6O5/c24-19-7-14(30-10-15(35-22(30)33)9-29-6-5-26-28-29)2-3-16(19)13-1-4-20(25-8-13)23(27-21(31)32)17-11-34-12-18(17)23/h1-8,15,17-18,27H,9-12H2,(H,31,32)/t15-,17-,18+,23-/m0/s1. The van der Waals surface area contributed by atoms with Gasteiger partial charge in [0.05, 0.1) is 49.4 Å². The zero-order chi connectivity index (χ0) is 24.2. The number of benzene rings is 1.